The third kappa shape index (κ3) is 3.42. The first-order valence-corrected chi connectivity index (χ1v) is 8.35. The predicted molar refractivity (Wildman–Crippen MR) is 98.0 cm³/mol. The van der Waals surface area contributed by atoms with Crippen LogP contribution in [0, 0.1) is 6.92 Å². The Morgan fingerprint density at radius 1 is 1.20 bits per heavy atom. The second-order valence-corrected chi connectivity index (χ2v) is 6.10. The average Bonchev–Trinajstić information content (AvgIpc) is 2.93. The van der Waals surface area contributed by atoms with Gasteiger partial charge < -0.3 is 10.1 Å². The van der Waals surface area contributed by atoms with Crippen molar-refractivity contribution in [3.05, 3.63) is 58.1 Å². The summed E-state index contributed by atoms with van der Waals surface area (Å²) in [5, 5.41) is 3.39. The van der Waals surface area contributed by atoms with Gasteiger partial charge in [0.25, 0.3) is 5.91 Å². The van der Waals surface area contributed by atoms with Crippen LogP contribution in [0.1, 0.15) is 34.8 Å². The molecule has 0 fully saturated rings. The smallest absolute Gasteiger partial charge is 0.338 e. The zero-order chi connectivity index (χ0) is 18.0. The third-order valence-corrected chi connectivity index (χ3v) is 4.30. The van der Waals surface area contributed by atoms with Crippen molar-refractivity contribution < 1.29 is 14.3 Å². The van der Waals surface area contributed by atoms with Crippen LogP contribution in [0.4, 0.5) is 11.4 Å². The molecule has 2 aromatic rings. The highest BCUT2D eigenvalue weighted by Gasteiger charge is 2.28. The molecule has 0 atom stereocenters. The lowest BCUT2D eigenvalue weighted by Gasteiger charge is -2.04. The molecule has 1 amide bonds. The predicted octanol–water partition coefficient (Wildman–Crippen LogP) is 4.29. The molecule has 3 rings (SSSR count). The van der Waals surface area contributed by atoms with Gasteiger partial charge in [-0.15, -0.1) is 0 Å². The summed E-state index contributed by atoms with van der Waals surface area (Å²) in [6.45, 7) is 4.18. The van der Waals surface area contributed by atoms with Crippen LogP contribution in [0.2, 0.25) is 5.02 Å². The Kier molecular flexibility index (Phi) is 4.86. The van der Waals surface area contributed by atoms with E-state index in [2.05, 4.69) is 10.3 Å². The molecule has 0 unspecified atom stereocenters. The third-order valence-electron chi connectivity index (χ3n) is 3.89. The van der Waals surface area contributed by atoms with Crippen molar-refractivity contribution in [3.63, 3.8) is 0 Å². The van der Waals surface area contributed by atoms with Gasteiger partial charge >= 0.3 is 5.97 Å². The molecule has 0 saturated heterocycles. The molecule has 6 heteroatoms. The Morgan fingerprint density at radius 2 is 1.92 bits per heavy atom. The molecule has 128 valence electrons. The van der Waals surface area contributed by atoms with E-state index in [1.807, 2.05) is 13.8 Å². The average molecular weight is 357 g/mol. The van der Waals surface area contributed by atoms with Crippen molar-refractivity contribution in [2.45, 2.75) is 20.3 Å². The van der Waals surface area contributed by atoms with E-state index in [-0.39, 0.29) is 11.9 Å². The van der Waals surface area contributed by atoms with Crippen molar-refractivity contribution in [1.82, 2.24) is 0 Å². The van der Waals surface area contributed by atoms with Crippen molar-refractivity contribution in [1.29, 1.82) is 0 Å². The summed E-state index contributed by atoms with van der Waals surface area (Å²) in [6.07, 6.45) is 0.773. The maximum atomic E-state index is 12.2. The molecule has 25 heavy (non-hydrogen) atoms. The van der Waals surface area contributed by atoms with E-state index in [0.717, 1.165) is 17.5 Å². The van der Waals surface area contributed by atoms with Crippen LogP contribution in [0.25, 0.3) is 0 Å². The molecule has 0 saturated carbocycles. The van der Waals surface area contributed by atoms with E-state index in [9.17, 15) is 9.59 Å². The summed E-state index contributed by atoms with van der Waals surface area (Å²) < 4.78 is 5.09. The van der Waals surface area contributed by atoms with Gasteiger partial charge in [-0.25, -0.2) is 9.79 Å². The Hall–Kier alpha value is -2.66. The van der Waals surface area contributed by atoms with E-state index >= 15 is 0 Å². The van der Waals surface area contributed by atoms with Crippen LogP contribution in [-0.4, -0.2) is 24.2 Å². The second kappa shape index (κ2) is 7.07. The number of rotatable bonds is 4. The minimum atomic E-state index is -0.365. The Bertz CT molecular complexity index is 873. The summed E-state index contributed by atoms with van der Waals surface area (Å²) in [4.78, 5) is 28.5. The highest BCUT2D eigenvalue weighted by atomic mass is 35.5. The van der Waals surface area contributed by atoms with Crippen molar-refractivity contribution in [3.8, 4) is 0 Å². The minimum Gasteiger partial charge on any atom is -0.462 e. The van der Waals surface area contributed by atoms with E-state index in [1.54, 1.807) is 36.4 Å². The Labute approximate surface area is 150 Å². The first kappa shape index (κ1) is 17.2. The van der Waals surface area contributed by atoms with Gasteiger partial charge in [0.15, 0.2) is 0 Å². The number of nitrogens with zero attached hydrogens (tertiary/aromatic N) is 1. The zero-order valence-corrected chi connectivity index (χ0v) is 14.7. The highest BCUT2D eigenvalue weighted by molar-refractivity contribution is 6.54. The quantitative estimate of drug-likeness (QED) is 0.831. The van der Waals surface area contributed by atoms with Gasteiger partial charge in [-0.2, -0.15) is 0 Å². The lowest BCUT2D eigenvalue weighted by molar-refractivity contribution is -0.110. The van der Waals surface area contributed by atoms with E-state index in [1.165, 1.54) is 0 Å². The molecule has 2 aromatic carbocycles. The lowest BCUT2D eigenvalue weighted by atomic mass is 10.1. The number of ether oxygens (including phenoxy) is 1. The summed E-state index contributed by atoms with van der Waals surface area (Å²) >= 11 is 6.10. The van der Waals surface area contributed by atoms with Crippen LogP contribution >= 0.6 is 11.6 Å². The maximum absolute atomic E-state index is 12.2. The number of benzene rings is 2. The van der Waals surface area contributed by atoms with Gasteiger partial charge in [-0.05, 0) is 55.3 Å². The molecule has 5 nitrogen and oxygen atoms in total. The fourth-order valence-corrected chi connectivity index (χ4v) is 2.69. The number of esters is 1. The Balaban J connectivity index is 1.88. The van der Waals surface area contributed by atoms with Gasteiger partial charge in [0.05, 0.1) is 23.5 Å². The number of fused-ring (bicyclic) bond motifs is 1. The first-order valence-electron chi connectivity index (χ1n) is 7.98. The molecule has 1 N–H and O–H groups in total. The fourth-order valence-electron chi connectivity index (χ4n) is 2.53. The number of hydrogen-bond acceptors (Lipinski definition) is 4. The van der Waals surface area contributed by atoms with Crippen LogP contribution < -0.4 is 5.32 Å². The Morgan fingerprint density at radius 3 is 2.60 bits per heavy atom. The molecule has 1 heterocycles. The molecule has 0 bridgehead atoms. The topological polar surface area (TPSA) is 67.8 Å². The number of amides is 1. The molecule has 1 aliphatic heterocycles. The maximum Gasteiger partial charge on any atom is 0.338 e. The second-order valence-electron chi connectivity index (χ2n) is 5.69. The number of carbonyl (C=O) groups is 2. The van der Waals surface area contributed by atoms with E-state index in [4.69, 9.17) is 16.3 Å². The van der Waals surface area contributed by atoms with Crippen molar-refractivity contribution in [2.75, 3.05) is 11.9 Å². The zero-order valence-electron chi connectivity index (χ0n) is 13.9. The van der Waals surface area contributed by atoms with Gasteiger partial charge in [-0.3, -0.25) is 4.79 Å². The van der Waals surface area contributed by atoms with Gasteiger partial charge in [-0.1, -0.05) is 18.5 Å². The molecule has 0 aromatic heterocycles. The van der Waals surface area contributed by atoms with Crippen LogP contribution in [0.5, 0.6) is 0 Å². The van der Waals surface area contributed by atoms with Crippen molar-refractivity contribution in [2.24, 2.45) is 4.99 Å². The summed E-state index contributed by atoms with van der Waals surface area (Å²) in [6, 6.07) is 10.2. The number of anilines is 1. The molecule has 0 radical (unpaired) electrons. The molecular formula is C19H17ClN2O3. The number of aliphatic imine (C=N–C) groups is 1. The van der Waals surface area contributed by atoms with Crippen molar-refractivity contribution >= 4 is 40.6 Å². The van der Waals surface area contributed by atoms with Gasteiger partial charge in [0.1, 0.15) is 5.71 Å². The van der Waals surface area contributed by atoms with E-state index < -0.39 is 0 Å². The van der Waals surface area contributed by atoms with Crippen LogP contribution in [-0.2, 0) is 9.53 Å². The largest absolute Gasteiger partial charge is 0.462 e. The minimum absolute atomic E-state index is 0.271. The molecule has 0 aliphatic carbocycles. The van der Waals surface area contributed by atoms with Crippen LogP contribution in [0.3, 0.4) is 0 Å². The summed E-state index contributed by atoms with van der Waals surface area (Å²) in [5.41, 5.74) is 3.59. The SMILES string of the molecule is CCCOC(=O)c1ccc(N=C2C(=O)Nc3c2ccc(Cl)c3C)cc1. The lowest BCUT2D eigenvalue weighted by Crippen LogP contribution is -2.14. The molecule has 0 spiro atoms. The van der Waals surface area contributed by atoms with Gasteiger partial charge in [0.2, 0.25) is 0 Å². The fraction of sp³-hybridized carbons (Fsp3) is 0.211. The highest BCUT2D eigenvalue weighted by Crippen LogP contribution is 2.33. The number of hydrogen-bond donors (Lipinski definition) is 1. The first-order chi connectivity index (χ1) is 12.0. The monoisotopic (exact) mass is 356 g/mol. The standard InChI is InChI=1S/C19H17ClN2O3/c1-3-10-25-19(24)12-4-6-13(7-5-12)21-17-14-8-9-15(20)11(2)16(14)22-18(17)23/h4-9H,3,10H2,1-2H3,(H,21,22,23). The molecular weight excluding hydrogens is 340 g/mol. The van der Waals surface area contributed by atoms with Crippen LogP contribution in [0.15, 0.2) is 41.4 Å². The van der Waals surface area contributed by atoms with E-state index in [0.29, 0.717) is 34.3 Å². The number of nitrogens with one attached hydrogen (secondary N) is 1. The van der Waals surface area contributed by atoms with Gasteiger partial charge in [0, 0.05) is 10.6 Å². The summed E-state index contributed by atoms with van der Waals surface area (Å²) in [5.74, 6) is -0.637. The number of halogens is 1. The normalized spacial score (nSPS) is 14.4. The number of carbonyl (C=O) groups excluding carboxylic acids is 2. The summed E-state index contributed by atoms with van der Waals surface area (Å²) in [7, 11) is 0. The molecule has 1 aliphatic rings.